The van der Waals surface area contributed by atoms with Gasteiger partial charge in [-0.2, -0.15) is 4.31 Å². The van der Waals surface area contributed by atoms with Crippen molar-refractivity contribution in [3.8, 4) is 0 Å². The number of nitrogens with zero attached hydrogens (tertiary/aromatic N) is 2. The van der Waals surface area contributed by atoms with Crippen molar-refractivity contribution in [1.82, 2.24) is 9.21 Å². The average Bonchev–Trinajstić information content (AvgIpc) is 3.20. The predicted octanol–water partition coefficient (Wildman–Crippen LogP) is 2.18. The zero-order valence-corrected chi connectivity index (χ0v) is 16.2. The summed E-state index contributed by atoms with van der Waals surface area (Å²) in [5, 5.41) is 2.78. The number of amides is 1. The molecule has 3 rings (SSSR count). The van der Waals surface area contributed by atoms with Crippen LogP contribution in [0.1, 0.15) is 19.1 Å². The largest absolute Gasteiger partial charge is 0.469 e. The third-order valence-electron chi connectivity index (χ3n) is 4.73. The number of furan rings is 1. The number of piperazine rings is 1. The first kappa shape index (κ1) is 19.6. The number of carbonyl (C=O) groups is 1. The number of hydrogen-bond acceptors (Lipinski definition) is 5. The Bertz CT molecular complexity index is 840. The molecule has 0 radical (unpaired) electrons. The molecule has 8 heteroatoms. The van der Waals surface area contributed by atoms with Crippen LogP contribution >= 0.6 is 0 Å². The van der Waals surface area contributed by atoms with Crippen molar-refractivity contribution in [2.75, 3.05) is 38.0 Å². The molecule has 2 aromatic rings. The molecule has 1 aliphatic rings. The molecule has 0 atom stereocenters. The molecule has 0 saturated carbocycles. The lowest BCUT2D eigenvalue weighted by atomic mass is 10.2. The van der Waals surface area contributed by atoms with Crippen LogP contribution in [0.5, 0.6) is 0 Å². The van der Waals surface area contributed by atoms with Crippen LogP contribution in [-0.2, 0) is 21.2 Å². The minimum atomic E-state index is -3.50. The minimum absolute atomic E-state index is 0.141. The number of rotatable bonds is 7. The van der Waals surface area contributed by atoms with Gasteiger partial charge in [-0.1, -0.05) is 6.92 Å². The van der Waals surface area contributed by atoms with E-state index in [1.165, 1.54) is 4.31 Å². The number of likely N-dealkylation sites (N-methyl/N-ethyl adjacent to an activating group) is 1. The standard InChI is InChI=1S/C19H25N3O4S/c1-2-21-11-13-22(14-12-21)27(24,25)18-8-5-16(6-9-18)20-19(23)10-7-17-4-3-15-26-17/h3-6,8-9,15H,2,7,10-14H2,1H3,(H,20,23). The number of anilines is 1. The third-order valence-corrected chi connectivity index (χ3v) is 6.65. The molecule has 0 aliphatic carbocycles. The highest BCUT2D eigenvalue weighted by molar-refractivity contribution is 7.89. The summed E-state index contributed by atoms with van der Waals surface area (Å²) in [5.74, 6) is 0.618. The van der Waals surface area contributed by atoms with E-state index in [0.29, 0.717) is 31.6 Å². The van der Waals surface area contributed by atoms with E-state index in [2.05, 4.69) is 17.1 Å². The van der Waals surface area contributed by atoms with E-state index in [4.69, 9.17) is 4.42 Å². The van der Waals surface area contributed by atoms with Crippen LogP contribution in [0.15, 0.2) is 52.0 Å². The molecule has 7 nitrogen and oxygen atoms in total. The summed E-state index contributed by atoms with van der Waals surface area (Å²) in [7, 11) is -3.50. The van der Waals surface area contributed by atoms with Crippen molar-refractivity contribution in [3.05, 3.63) is 48.4 Å². The van der Waals surface area contributed by atoms with E-state index in [1.807, 2.05) is 6.07 Å². The molecule has 1 N–H and O–H groups in total. The summed E-state index contributed by atoms with van der Waals surface area (Å²) in [6.07, 6.45) is 2.40. The Labute approximate surface area is 160 Å². The van der Waals surface area contributed by atoms with Crippen molar-refractivity contribution in [1.29, 1.82) is 0 Å². The smallest absolute Gasteiger partial charge is 0.243 e. The van der Waals surface area contributed by atoms with E-state index < -0.39 is 10.0 Å². The summed E-state index contributed by atoms with van der Waals surface area (Å²) < 4.78 is 32.2. The summed E-state index contributed by atoms with van der Waals surface area (Å²) >= 11 is 0. The second kappa shape index (κ2) is 8.69. The van der Waals surface area contributed by atoms with Crippen LogP contribution in [0.25, 0.3) is 0 Å². The molecule has 2 heterocycles. The molecule has 0 spiro atoms. The molecule has 1 fully saturated rings. The summed E-state index contributed by atoms with van der Waals surface area (Å²) in [6, 6.07) is 9.95. The Morgan fingerprint density at radius 2 is 1.81 bits per heavy atom. The lowest BCUT2D eigenvalue weighted by Crippen LogP contribution is -2.48. The van der Waals surface area contributed by atoms with Gasteiger partial charge in [-0.05, 0) is 42.9 Å². The highest BCUT2D eigenvalue weighted by Crippen LogP contribution is 2.20. The van der Waals surface area contributed by atoms with Crippen molar-refractivity contribution in [2.45, 2.75) is 24.7 Å². The quantitative estimate of drug-likeness (QED) is 0.782. The van der Waals surface area contributed by atoms with Crippen molar-refractivity contribution in [3.63, 3.8) is 0 Å². The van der Waals surface area contributed by atoms with Crippen molar-refractivity contribution in [2.24, 2.45) is 0 Å². The van der Waals surface area contributed by atoms with Crippen LogP contribution in [0.3, 0.4) is 0 Å². The normalized spacial score (nSPS) is 16.3. The number of nitrogens with one attached hydrogen (secondary N) is 1. The zero-order valence-electron chi connectivity index (χ0n) is 15.4. The maximum absolute atomic E-state index is 12.8. The van der Waals surface area contributed by atoms with Crippen LogP contribution in [0, 0.1) is 0 Å². The molecule has 1 amide bonds. The molecule has 1 aromatic heterocycles. The van der Waals surface area contributed by atoms with E-state index >= 15 is 0 Å². The van der Waals surface area contributed by atoms with Crippen molar-refractivity contribution >= 4 is 21.6 Å². The molecule has 27 heavy (non-hydrogen) atoms. The van der Waals surface area contributed by atoms with Gasteiger partial charge in [0.1, 0.15) is 5.76 Å². The van der Waals surface area contributed by atoms with Gasteiger partial charge in [-0.25, -0.2) is 8.42 Å². The van der Waals surface area contributed by atoms with Gasteiger partial charge >= 0.3 is 0 Å². The van der Waals surface area contributed by atoms with Crippen LogP contribution in [-0.4, -0.2) is 56.3 Å². The Hall–Kier alpha value is -2.16. The first-order chi connectivity index (χ1) is 13.0. The molecular weight excluding hydrogens is 366 g/mol. The Morgan fingerprint density at radius 1 is 1.11 bits per heavy atom. The lowest BCUT2D eigenvalue weighted by molar-refractivity contribution is -0.116. The fourth-order valence-electron chi connectivity index (χ4n) is 3.06. The number of carbonyl (C=O) groups excluding carboxylic acids is 1. The van der Waals surface area contributed by atoms with E-state index in [1.54, 1.807) is 36.6 Å². The zero-order chi connectivity index (χ0) is 19.3. The third kappa shape index (κ3) is 4.97. The van der Waals surface area contributed by atoms with Crippen LogP contribution in [0.2, 0.25) is 0 Å². The predicted molar refractivity (Wildman–Crippen MR) is 103 cm³/mol. The van der Waals surface area contributed by atoms with Gasteiger partial charge in [0.25, 0.3) is 0 Å². The Morgan fingerprint density at radius 3 is 2.41 bits per heavy atom. The summed E-state index contributed by atoms with van der Waals surface area (Å²) in [4.78, 5) is 14.5. The monoisotopic (exact) mass is 391 g/mol. The van der Waals surface area contributed by atoms with E-state index in [0.717, 1.165) is 25.4 Å². The SMILES string of the molecule is CCN1CCN(S(=O)(=O)c2ccc(NC(=O)CCc3ccco3)cc2)CC1. The molecule has 1 aromatic carbocycles. The lowest BCUT2D eigenvalue weighted by Gasteiger charge is -2.33. The van der Waals surface area contributed by atoms with Gasteiger partial charge in [-0.15, -0.1) is 0 Å². The van der Waals surface area contributed by atoms with Crippen LogP contribution < -0.4 is 5.32 Å². The fourth-order valence-corrected chi connectivity index (χ4v) is 4.48. The molecule has 0 unspecified atom stereocenters. The molecule has 0 bridgehead atoms. The summed E-state index contributed by atoms with van der Waals surface area (Å²) in [6.45, 7) is 5.51. The number of sulfonamides is 1. The maximum Gasteiger partial charge on any atom is 0.243 e. The summed E-state index contributed by atoms with van der Waals surface area (Å²) in [5.41, 5.74) is 0.578. The molecular formula is C19H25N3O4S. The van der Waals surface area contributed by atoms with Gasteiger partial charge in [-0.3, -0.25) is 4.79 Å². The van der Waals surface area contributed by atoms with Gasteiger partial charge in [0.2, 0.25) is 15.9 Å². The van der Waals surface area contributed by atoms with E-state index in [-0.39, 0.29) is 10.8 Å². The second-order valence-electron chi connectivity index (χ2n) is 6.49. The number of benzene rings is 1. The van der Waals surface area contributed by atoms with Gasteiger partial charge < -0.3 is 14.6 Å². The van der Waals surface area contributed by atoms with Gasteiger partial charge in [0.15, 0.2) is 0 Å². The average molecular weight is 391 g/mol. The molecule has 146 valence electrons. The number of hydrogen-bond donors (Lipinski definition) is 1. The Kier molecular flexibility index (Phi) is 6.30. The topological polar surface area (TPSA) is 82.9 Å². The maximum atomic E-state index is 12.8. The highest BCUT2D eigenvalue weighted by Gasteiger charge is 2.27. The van der Waals surface area contributed by atoms with Gasteiger partial charge in [0, 0.05) is 44.7 Å². The second-order valence-corrected chi connectivity index (χ2v) is 8.43. The van der Waals surface area contributed by atoms with Crippen LogP contribution in [0.4, 0.5) is 5.69 Å². The minimum Gasteiger partial charge on any atom is -0.469 e. The molecule has 1 saturated heterocycles. The van der Waals surface area contributed by atoms with Crippen molar-refractivity contribution < 1.29 is 17.6 Å². The Balaban J connectivity index is 1.57. The number of aryl methyl sites for hydroxylation is 1. The van der Waals surface area contributed by atoms with E-state index in [9.17, 15) is 13.2 Å². The highest BCUT2D eigenvalue weighted by atomic mass is 32.2. The molecule has 1 aliphatic heterocycles. The first-order valence-corrected chi connectivity index (χ1v) is 10.6. The first-order valence-electron chi connectivity index (χ1n) is 9.14. The van der Waals surface area contributed by atoms with Gasteiger partial charge in [0.05, 0.1) is 11.2 Å². The fraction of sp³-hybridized carbons (Fsp3) is 0.421.